The topological polar surface area (TPSA) is 139 Å². The number of nitro groups is 2. The summed E-state index contributed by atoms with van der Waals surface area (Å²) in [6, 6.07) is 9.95. The Kier molecular flexibility index (Phi) is 7.03. The van der Waals surface area contributed by atoms with Crippen LogP contribution in [0.15, 0.2) is 42.5 Å². The first kappa shape index (κ1) is 20.1. The molecule has 1 amide bonds. The number of carbonyl (C=O) groups is 1. The predicted octanol–water partition coefficient (Wildman–Crippen LogP) is 2.80. The van der Waals surface area contributed by atoms with Gasteiger partial charge in [-0.05, 0) is 12.1 Å². The monoisotopic (exact) mass is 393 g/mol. The van der Waals surface area contributed by atoms with Crippen molar-refractivity contribution < 1.29 is 14.6 Å². The van der Waals surface area contributed by atoms with Crippen LogP contribution in [0.4, 0.5) is 22.7 Å². The minimum Gasteiger partial charge on any atom is -0.383 e. The van der Waals surface area contributed by atoms with Crippen molar-refractivity contribution in [2.75, 3.05) is 30.3 Å². The molecule has 0 radical (unpaired) electrons. The van der Waals surface area contributed by atoms with Gasteiger partial charge in [0.1, 0.15) is 5.69 Å². The van der Waals surface area contributed by atoms with E-state index in [0.29, 0.717) is 18.8 Å². The Morgan fingerprint density at radius 3 is 2.41 bits per heavy atom. The number of hydrogen-bond acceptors (Lipinski definition) is 7. The molecule has 0 fully saturated rings. The fraction of sp³-hybridized carbons (Fsp3) is 0.188. The molecule has 27 heavy (non-hydrogen) atoms. The van der Waals surface area contributed by atoms with Crippen LogP contribution in [-0.4, -0.2) is 35.4 Å². The lowest BCUT2D eigenvalue weighted by atomic mass is 10.2. The first-order chi connectivity index (χ1) is 12.9. The summed E-state index contributed by atoms with van der Waals surface area (Å²) in [5.74, 6) is -0.419. The van der Waals surface area contributed by atoms with Gasteiger partial charge in [-0.3, -0.25) is 25.0 Å². The van der Waals surface area contributed by atoms with Crippen LogP contribution in [0.2, 0.25) is 5.02 Å². The highest BCUT2D eigenvalue weighted by Gasteiger charge is 2.14. The molecule has 2 rings (SSSR count). The van der Waals surface area contributed by atoms with Gasteiger partial charge in [-0.25, -0.2) is 0 Å². The number of non-ortho nitro benzene ring substituents is 1. The van der Waals surface area contributed by atoms with E-state index in [2.05, 4.69) is 16.0 Å². The normalized spacial score (nSPS) is 10.3. The second kappa shape index (κ2) is 9.46. The van der Waals surface area contributed by atoms with Gasteiger partial charge in [0.15, 0.2) is 0 Å². The van der Waals surface area contributed by atoms with Crippen LogP contribution in [0.5, 0.6) is 0 Å². The fourth-order valence-electron chi connectivity index (χ4n) is 2.18. The number of carbonyl (C=O) groups excluding carboxylic acids is 1. The molecule has 3 N–H and O–H groups in total. The maximum Gasteiger partial charge on any atom is 0.292 e. The van der Waals surface area contributed by atoms with Gasteiger partial charge in [0, 0.05) is 31.3 Å². The maximum atomic E-state index is 11.9. The summed E-state index contributed by atoms with van der Waals surface area (Å²) in [6.07, 6.45) is 0. The quantitative estimate of drug-likeness (QED) is 0.338. The number of rotatable bonds is 9. The summed E-state index contributed by atoms with van der Waals surface area (Å²) in [7, 11) is 0. The van der Waals surface area contributed by atoms with Crippen molar-refractivity contribution in [3.8, 4) is 0 Å². The number of hydrogen-bond donors (Lipinski definition) is 3. The van der Waals surface area contributed by atoms with Crippen molar-refractivity contribution in [1.82, 2.24) is 5.32 Å². The number of nitrogens with one attached hydrogen (secondary N) is 3. The lowest BCUT2D eigenvalue weighted by Crippen LogP contribution is -2.31. The summed E-state index contributed by atoms with van der Waals surface area (Å²) in [5, 5.41) is 30.1. The second-order valence-corrected chi connectivity index (χ2v) is 5.75. The molecule has 0 aliphatic carbocycles. The van der Waals surface area contributed by atoms with Crippen LogP contribution in [0.1, 0.15) is 0 Å². The molecule has 0 spiro atoms. The fourth-order valence-corrected chi connectivity index (χ4v) is 2.42. The number of nitrogens with zero attached hydrogens (tertiary/aromatic N) is 2. The molecule has 0 unspecified atom stereocenters. The average molecular weight is 394 g/mol. The third-order valence-electron chi connectivity index (χ3n) is 3.44. The third-order valence-corrected chi connectivity index (χ3v) is 3.75. The van der Waals surface area contributed by atoms with E-state index >= 15 is 0 Å². The molecule has 0 atom stereocenters. The predicted molar refractivity (Wildman–Crippen MR) is 101 cm³/mol. The molecule has 0 heterocycles. The van der Waals surface area contributed by atoms with Crippen molar-refractivity contribution in [3.05, 3.63) is 67.7 Å². The molecule has 2 aromatic rings. The van der Waals surface area contributed by atoms with Gasteiger partial charge in [-0.15, -0.1) is 0 Å². The Labute approximate surface area is 158 Å². The molecule has 0 aliphatic rings. The van der Waals surface area contributed by atoms with E-state index in [0.717, 1.165) is 0 Å². The number of nitro benzene ring substituents is 2. The summed E-state index contributed by atoms with van der Waals surface area (Å²) in [5.41, 5.74) is 0.384. The van der Waals surface area contributed by atoms with Gasteiger partial charge < -0.3 is 16.0 Å². The lowest BCUT2D eigenvalue weighted by Gasteiger charge is -2.10. The minimum absolute atomic E-state index is 0.0400. The van der Waals surface area contributed by atoms with Gasteiger partial charge in [0.25, 0.3) is 11.4 Å². The smallest absolute Gasteiger partial charge is 0.292 e. The Hall–Kier alpha value is -3.24. The highest BCUT2D eigenvalue weighted by Crippen LogP contribution is 2.26. The summed E-state index contributed by atoms with van der Waals surface area (Å²) < 4.78 is 0. The van der Waals surface area contributed by atoms with Gasteiger partial charge in [-0.1, -0.05) is 23.7 Å². The largest absolute Gasteiger partial charge is 0.383 e. The number of amides is 1. The van der Waals surface area contributed by atoms with E-state index in [-0.39, 0.29) is 28.6 Å². The molecule has 2 aromatic carbocycles. The van der Waals surface area contributed by atoms with Gasteiger partial charge in [0.2, 0.25) is 5.91 Å². The highest BCUT2D eigenvalue weighted by molar-refractivity contribution is 6.33. The standard InChI is InChI=1S/C16H16ClN5O5/c17-12-9-11(21(24)25)5-6-13(12)19-8-7-18-10-16(23)20-14-3-1-2-4-15(14)22(26)27/h1-6,9,18-19H,7-8,10H2,(H,20,23). The van der Waals surface area contributed by atoms with Crippen molar-refractivity contribution in [1.29, 1.82) is 0 Å². The average Bonchev–Trinajstić information content (AvgIpc) is 2.62. The van der Waals surface area contributed by atoms with Crippen LogP contribution >= 0.6 is 11.6 Å². The van der Waals surface area contributed by atoms with E-state index < -0.39 is 15.8 Å². The second-order valence-electron chi connectivity index (χ2n) is 5.35. The highest BCUT2D eigenvalue weighted by atomic mass is 35.5. The zero-order chi connectivity index (χ0) is 19.8. The molecule has 142 valence electrons. The maximum absolute atomic E-state index is 11.9. The van der Waals surface area contributed by atoms with Crippen molar-refractivity contribution >= 4 is 40.3 Å². The molecule has 0 saturated carbocycles. The molecule has 0 aromatic heterocycles. The molecule has 10 nitrogen and oxygen atoms in total. The first-order valence-electron chi connectivity index (χ1n) is 7.80. The van der Waals surface area contributed by atoms with Crippen LogP contribution in [0, 0.1) is 20.2 Å². The van der Waals surface area contributed by atoms with E-state index in [1.807, 2.05) is 0 Å². The number of benzene rings is 2. The molecule has 0 bridgehead atoms. The lowest BCUT2D eigenvalue weighted by molar-refractivity contribution is -0.384. The molecule has 0 saturated heterocycles. The van der Waals surface area contributed by atoms with E-state index in [1.54, 1.807) is 6.07 Å². The number of anilines is 2. The van der Waals surface area contributed by atoms with Crippen molar-refractivity contribution in [2.24, 2.45) is 0 Å². The summed E-state index contributed by atoms with van der Waals surface area (Å²) in [4.78, 5) is 32.3. The van der Waals surface area contributed by atoms with E-state index in [4.69, 9.17) is 11.6 Å². The zero-order valence-corrected chi connectivity index (χ0v) is 14.7. The Morgan fingerprint density at radius 2 is 1.74 bits per heavy atom. The molecular formula is C16H16ClN5O5. The Morgan fingerprint density at radius 1 is 1.00 bits per heavy atom. The van der Waals surface area contributed by atoms with Gasteiger partial charge in [0.05, 0.1) is 27.1 Å². The van der Waals surface area contributed by atoms with Gasteiger partial charge >= 0.3 is 0 Å². The van der Waals surface area contributed by atoms with Crippen LogP contribution in [0.25, 0.3) is 0 Å². The zero-order valence-electron chi connectivity index (χ0n) is 14.0. The van der Waals surface area contributed by atoms with Crippen LogP contribution < -0.4 is 16.0 Å². The molecule has 0 aliphatic heterocycles. The summed E-state index contributed by atoms with van der Waals surface area (Å²) >= 11 is 5.96. The molecule has 11 heteroatoms. The van der Waals surface area contributed by atoms with Crippen LogP contribution in [-0.2, 0) is 4.79 Å². The number of para-hydroxylation sites is 2. The first-order valence-corrected chi connectivity index (χ1v) is 8.18. The SMILES string of the molecule is O=C(CNCCNc1ccc([N+](=O)[O-])cc1Cl)Nc1ccccc1[N+](=O)[O-]. The van der Waals surface area contributed by atoms with Crippen molar-refractivity contribution in [3.63, 3.8) is 0 Å². The minimum atomic E-state index is -0.569. The number of halogens is 1. The Bertz CT molecular complexity index is 861. The van der Waals surface area contributed by atoms with Crippen LogP contribution in [0.3, 0.4) is 0 Å². The summed E-state index contributed by atoms with van der Waals surface area (Å²) in [6.45, 7) is 0.773. The Balaban J connectivity index is 1.75. The van der Waals surface area contributed by atoms with E-state index in [9.17, 15) is 25.0 Å². The molecular weight excluding hydrogens is 378 g/mol. The van der Waals surface area contributed by atoms with E-state index in [1.165, 1.54) is 36.4 Å². The third kappa shape index (κ3) is 5.90. The van der Waals surface area contributed by atoms with Crippen molar-refractivity contribution in [2.45, 2.75) is 0 Å². The van der Waals surface area contributed by atoms with Gasteiger partial charge in [-0.2, -0.15) is 0 Å².